The van der Waals surface area contributed by atoms with E-state index < -0.39 is 5.97 Å². The zero-order chi connectivity index (χ0) is 18.2. The van der Waals surface area contributed by atoms with E-state index >= 15 is 0 Å². The van der Waals surface area contributed by atoms with Gasteiger partial charge in [-0.1, -0.05) is 30.7 Å². The van der Waals surface area contributed by atoms with Crippen molar-refractivity contribution in [3.05, 3.63) is 58.1 Å². The van der Waals surface area contributed by atoms with Crippen LogP contribution in [0.2, 0.25) is 5.02 Å². The van der Waals surface area contributed by atoms with E-state index in [9.17, 15) is 4.79 Å². The van der Waals surface area contributed by atoms with Crippen LogP contribution in [0.1, 0.15) is 34.8 Å². The van der Waals surface area contributed by atoms with Gasteiger partial charge in [-0.2, -0.15) is 0 Å². The Morgan fingerprint density at radius 3 is 2.52 bits per heavy atom. The molecule has 0 amide bonds. The number of ether oxygens (including phenoxy) is 2. The summed E-state index contributed by atoms with van der Waals surface area (Å²) < 4.78 is 11.2. The lowest BCUT2D eigenvalue weighted by molar-refractivity contribution is 0.0697. The van der Waals surface area contributed by atoms with Crippen LogP contribution in [0.15, 0.2) is 36.4 Å². The summed E-state index contributed by atoms with van der Waals surface area (Å²) in [5.41, 5.74) is 2.19. The molecule has 0 spiro atoms. The number of benzene rings is 2. The number of carboxylic acids is 1. The van der Waals surface area contributed by atoms with Gasteiger partial charge in [0.2, 0.25) is 0 Å². The number of rotatable bonds is 9. The van der Waals surface area contributed by atoms with Gasteiger partial charge < -0.3 is 19.9 Å². The van der Waals surface area contributed by atoms with Crippen molar-refractivity contribution >= 4 is 17.6 Å². The van der Waals surface area contributed by atoms with E-state index in [1.54, 1.807) is 37.4 Å². The van der Waals surface area contributed by atoms with Crippen molar-refractivity contribution in [2.24, 2.45) is 0 Å². The van der Waals surface area contributed by atoms with Gasteiger partial charge in [0.1, 0.15) is 0 Å². The lowest BCUT2D eigenvalue weighted by atomic mass is 10.1. The Morgan fingerprint density at radius 1 is 1.20 bits per heavy atom. The standard InChI is InChI=1S/C19H22ClNO4/c1-3-8-25-18-15(9-16(20)10-17(18)24-2)12-21-11-13-4-6-14(7-5-13)19(22)23/h4-7,9-10,21H,3,8,11-12H2,1-2H3,(H,22,23). The van der Waals surface area contributed by atoms with Crippen LogP contribution in [0.3, 0.4) is 0 Å². The van der Waals surface area contributed by atoms with E-state index in [0.717, 1.165) is 17.5 Å². The maximum Gasteiger partial charge on any atom is 0.335 e. The molecule has 5 nitrogen and oxygen atoms in total. The molecule has 2 aromatic rings. The van der Waals surface area contributed by atoms with Crippen molar-refractivity contribution in [1.29, 1.82) is 0 Å². The monoisotopic (exact) mass is 363 g/mol. The molecular weight excluding hydrogens is 342 g/mol. The fourth-order valence-electron chi connectivity index (χ4n) is 2.38. The number of halogens is 1. The average Bonchev–Trinajstić information content (AvgIpc) is 2.60. The van der Waals surface area contributed by atoms with E-state index in [2.05, 4.69) is 5.32 Å². The van der Waals surface area contributed by atoms with Gasteiger partial charge in [0.15, 0.2) is 11.5 Å². The molecule has 0 fully saturated rings. The summed E-state index contributed by atoms with van der Waals surface area (Å²) in [6, 6.07) is 10.4. The molecule has 0 atom stereocenters. The van der Waals surface area contributed by atoms with Gasteiger partial charge in [0.05, 0.1) is 19.3 Å². The number of methoxy groups -OCH3 is 1. The number of aromatic carboxylic acids is 1. The molecule has 0 aromatic heterocycles. The van der Waals surface area contributed by atoms with Crippen LogP contribution in [-0.2, 0) is 13.1 Å². The molecule has 2 N–H and O–H groups in total. The highest BCUT2D eigenvalue weighted by molar-refractivity contribution is 6.30. The predicted molar refractivity (Wildman–Crippen MR) is 97.7 cm³/mol. The Bertz CT molecular complexity index is 716. The lowest BCUT2D eigenvalue weighted by Gasteiger charge is -2.16. The van der Waals surface area contributed by atoms with Crippen molar-refractivity contribution < 1.29 is 19.4 Å². The summed E-state index contributed by atoms with van der Waals surface area (Å²) in [7, 11) is 1.59. The Kier molecular flexibility index (Phi) is 7.10. The largest absolute Gasteiger partial charge is 0.493 e. The fraction of sp³-hybridized carbons (Fsp3) is 0.316. The summed E-state index contributed by atoms with van der Waals surface area (Å²) in [6.45, 7) is 3.79. The van der Waals surface area contributed by atoms with E-state index in [1.165, 1.54) is 0 Å². The first-order valence-corrected chi connectivity index (χ1v) is 8.45. The first-order valence-electron chi connectivity index (χ1n) is 8.07. The molecule has 134 valence electrons. The van der Waals surface area contributed by atoms with Crippen LogP contribution in [0.4, 0.5) is 0 Å². The van der Waals surface area contributed by atoms with Crippen LogP contribution in [0.5, 0.6) is 11.5 Å². The van der Waals surface area contributed by atoms with Crippen LogP contribution < -0.4 is 14.8 Å². The number of carbonyl (C=O) groups is 1. The molecule has 0 saturated heterocycles. The van der Waals surface area contributed by atoms with Gasteiger partial charge in [-0.3, -0.25) is 0 Å². The number of hydrogen-bond acceptors (Lipinski definition) is 4. The normalized spacial score (nSPS) is 10.5. The molecule has 25 heavy (non-hydrogen) atoms. The third-order valence-corrected chi connectivity index (χ3v) is 3.83. The molecule has 0 radical (unpaired) electrons. The van der Waals surface area contributed by atoms with Crippen molar-refractivity contribution in [3.8, 4) is 11.5 Å². The summed E-state index contributed by atoms with van der Waals surface area (Å²) in [5, 5.41) is 12.8. The summed E-state index contributed by atoms with van der Waals surface area (Å²) in [6.07, 6.45) is 0.897. The summed E-state index contributed by atoms with van der Waals surface area (Å²) >= 11 is 6.16. The SMILES string of the molecule is CCCOc1c(CNCc2ccc(C(=O)O)cc2)cc(Cl)cc1OC. The zero-order valence-corrected chi connectivity index (χ0v) is 15.1. The van der Waals surface area contributed by atoms with Crippen LogP contribution in [0, 0.1) is 0 Å². The maximum absolute atomic E-state index is 10.9. The molecule has 0 aliphatic rings. The Morgan fingerprint density at radius 2 is 1.92 bits per heavy atom. The van der Waals surface area contributed by atoms with E-state index in [0.29, 0.717) is 36.2 Å². The Hall–Kier alpha value is -2.24. The lowest BCUT2D eigenvalue weighted by Crippen LogP contribution is -2.14. The van der Waals surface area contributed by atoms with Gasteiger partial charge in [0, 0.05) is 29.7 Å². The minimum absolute atomic E-state index is 0.276. The molecule has 0 aliphatic heterocycles. The second kappa shape index (κ2) is 9.30. The number of hydrogen-bond donors (Lipinski definition) is 2. The van der Waals surface area contributed by atoms with E-state index in [1.807, 2.05) is 13.0 Å². The summed E-state index contributed by atoms with van der Waals surface area (Å²) in [4.78, 5) is 10.9. The molecule has 0 bridgehead atoms. The third-order valence-electron chi connectivity index (χ3n) is 3.61. The first-order chi connectivity index (χ1) is 12.0. The van der Waals surface area contributed by atoms with E-state index in [-0.39, 0.29) is 5.56 Å². The first kappa shape index (κ1) is 19.1. The third kappa shape index (κ3) is 5.37. The van der Waals surface area contributed by atoms with Crippen molar-refractivity contribution in [2.45, 2.75) is 26.4 Å². The molecule has 0 unspecified atom stereocenters. The van der Waals surface area contributed by atoms with Crippen LogP contribution in [0.25, 0.3) is 0 Å². The van der Waals surface area contributed by atoms with Crippen molar-refractivity contribution in [1.82, 2.24) is 5.32 Å². The van der Waals surface area contributed by atoms with Gasteiger partial charge in [-0.15, -0.1) is 0 Å². The number of carboxylic acid groups (broad SMARTS) is 1. The van der Waals surface area contributed by atoms with Gasteiger partial charge >= 0.3 is 5.97 Å². The van der Waals surface area contributed by atoms with Gasteiger partial charge in [0.25, 0.3) is 0 Å². The highest BCUT2D eigenvalue weighted by atomic mass is 35.5. The highest BCUT2D eigenvalue weighted by Gasteiger charge is 2.12. The smallest absolute Gasteiger partial charge is 0.335 e. The second-order valence-corrected chi connectivity index (χ2v) is 5.99. The molecule has 0 aliphatic carbocycles. The predicted octanol–water partition coefficient (Wildman–Crippen LogP) is 4.13. The van der Waals surface area contributed by atoms with E-state index in [4.69, 9.17) is 26.2 Å². The van der Waals surface area contributed by atoms with Crippen LogP contribution >= 0.6 is 11.6 Å². The van der Waals surface area contributed by atoms with Gasteiger partial charge in [-0.05, 0) is 30.2 Å². The second-order valence-electron chi connectivity index (χ2n) is 5.55. The Balaban J connectivity index is 2.06. The average molecular weight is 364 g/mol. The van der Waals surface area contributed by atoms with Crippen molar-refractivity contribution in [3.63, 3.8) is 0 Å². The van der Waals surface area contributed by atoms with Crippen molar-refractivity contribution in [2.75, 3.05) is 13.7 Å². The van der Waals surface area contributed by atoms with Gasteiger partial charge in [-0.25, -0.2) is 4.79 Å². The molecular formula is C19H22ClNO4. The molecule has 0 heterocycles. The fourth-order valence-corrected chi connectivity index (χ4v) is 2.61. The minimum Gasteiger partial charge on any atom is -0.493 e. The minimum atomic E-state index is -0.928. The molecule has 6 heteroatoms. The number of nitrogens with one attached hydrogen (secondary N) is 1. The topological polar surface area (TPSA) is 67.8 Å². The Labute approximate surface area is 152 Å². The molecule has 2 rings (SSSR count). The molecule has 0 saturated carbocycles. The quantitative estimate of drug-likeness (QED) is 0.701. The van der Waals surface area contributed by atoms with Crippen LogP contribution in [-0.4, -0.2) is 24.8 Å². The highest BCUT2D eigenvalue weighted by Crippen LogP contribution is 2.34. The maximum atomic E-state index is 10.9. The molecule has 2 aromatic carbocycles. The zero-order valence-electron chi connectivity index (χ0n) is 14.3. The summed E-state index contributed by atoms with van der Waals surface area (Å²) in [5.74, 6) is 0.384.